The fourth-order valence-electron chi connectivity index (χ4n) is 1.67. The second-order valence-electron chi connectivity index (χ2n) is 5.41. The second kappa shape index (κ2) is 4.35. The SMILES string of the molecule is Cc1cc(C(C)C)cc(C(C)(C)C(F)(F)F)c1. The largest absolute Gasteiger partial charge is 0.397 e. The summed E-state index contributed by atoms with van der Waals surface area (Å²) in [6.07, 6.45) is -4.23. The number of halogens is 3. The van der Waals surface area contributed by atoms with Crippen LogP contribution in [0.4, 0.5) is 13.2 Å². The first-order valence-electron chi connectivity index (χ1n) is 5.74. The zero-order valence-electron chi connectivity index (χ0n) is 10.9. The summed E-state index contributed by atoms with van der Waals surface area (Å²) in [5.41, 5.74) is 0.373. The van der Waals surface area contributed by atoms with Crippen LogP contribution in [0.5, 0.6) is 0 Å². The minimum absolute atomic E-state index is 0.234. The minimum atomic E-state index is -4.23. The Morgan fingerprint density at radius 2 is 1.53 bits per heavy atom. The van der Waals surface area contributed by atoms with E-state index in [9.17, 15) is 13.2 Å². The maximum Gasteiger partial charge on any atom is 0.397 e. The average molecular weight is 244 g/mol. The molecule has 0 spiro atoms. The third kappa shape index (κ3) is 2.82. The first-order chi connectivity index (χ1) is 7.55. The van der Waals surface area contributed by atoms with Gasteiger partial charge >= 0.3 is 6.18 Å². The van der Waals surface area contributed by atoms with E-state index in [1.807, 2.05) is 26.8 Å². The summed E-state index contributed by atoms with van der Waals surface area (Å²) in [5, 5.41) is 0. The summed E-state index contributed by atoms with van der Waals surface area (Å²) in [4.78, 5) is 0. The summed E-state index contributed by atoms with van der Waals surface area (Å²) >= 11 is 0. The van der Waals surface area contributed by atoms with Gasteiger partial charge in [-0.1, -0.05) is 37.6 Å². The summed E-state index contributed by atoms with van der Waals surface area (Å²) < 4.78 is 39.0. The van der Waals surface area contributed by atoms with E-state index in [1.165, 1.54) is 13.8 Å². The van der Waals surface area contributed by atoms with Crippen molar-refractivity contribution in [2.45, 2.75) is 52.1 Å². The van der Waals surface area contributed by atoms with E-state index in [0.717, 1.165) is 11.1 Å². The Morgan fingerprint density at radius 1 is 1.00 bits per heavy atom. The van der Waals surface area contributed by atoms with Crippen molar-refractivity contribution in [2.24, 2.45) is 0 Å². The molecule has 1 rings (SSSR count). The number of hydrogen-bond donors (Lipinski definition) is 0. The van der Waals surface area contributed by atoms with Gasteiger partial charge in [-0.25, -0.2) is 0 Å². The third-order valence-electron chi connectivity index (χ3n) is 3.20. The van der Waals surface area contributed by atoms with Gasteiger partial charge in [0.25, 0.3) is 0 Å². The molecule has 0 aliphatic heterocycles. The van der Waals surface area contributed by atoms with Gasteiger partial charge in [-0.2, -0.15) is 13.2 Å². The number of hydrogen-bond acceptors (Lipinski definition) is 0. The molecule has 0 unspecified atom stereocenters. The summed E-state index contributed by atoms with van der Waals surface area (Å²) in [6.45, 7) is 8.26. The van der Waals surface area contributed by atoms with Crippen molar-refractivity contribution in [1.82, 2.24) is 0 Å². The molecule has 0 heterocycles. The fourth-order valence-corrected chi connectivity index (χ4v) is 1.67. The number of benzene rings is 1. The molecule has 0 nitrogen and oxygen atoms in total. The van der Waals surface area contributed by atoms with E-state index >= 15 is 0 Å². The lowest BCUT2D eigenvalue weighted by Gasteiger charge is -2.29. The highest BCUT2D eigenvalue weighted by Gasteiger charge is 2.48. The Bertz CT molecular complexity index is 400. The topological polar surface area (TPSA) is 0 Å². The molecule has 0 N–H and O–H groups in total. The van der Waals surface area contributed by atoms with Crippen LogP contribution in [0.1, 0.15) is 50.3 Å². The first kappa shape index (κ1) is 14.1. The molecule has 0 amide bonds. The van der Waals surface area contributed by atoms with Crippen molar-refractivity contribution in [3.63, 3.8) is 0 Å². The maximum absolute atomic E-state index is 13.0. The van der Waals surface area contributed by atoms with Gasteiger partial charge in [0.1, 0.15) is 0 Å². The Morgan fingerprint density at radius 3 is 1.94 bits per heavy atom. The first-order valence-corrected chi connectivity index (χ1v) is 5.74. The van der Waals surface area contributed by atoms with Gasteiger partial charge in [-0.15, -0.1) is 0 Å². The molecular weight excluding hydrogens is 225 g/mol. The van der Waals surface area contributed by atoms with Crippen LogP contribution in [-0.4, -0.2) is 6.18 Å². The standard InChI is InChI=1S/C14H19F3/c1-9(2)11-6-10(3)7-12(8-11)13(4,5)14(15,16)17/h6-9H,1-5H3. The molecule has 0 radical (unpaired) electrons. The Balaban J connectivity index is 3.32. The predicted octanol–water partition coefficient (Wildman–Crippen LogP) is 4.96. The lowest BCUT2D eigenvalue weighted by atomic mass is 9.81. The highest BCUT2D eigenvalue weighted by molar-refractivity contribution is 5.36. The van der Waals surface area contributed by atoms with Crippen LogP contribution in [0.2, 0.25) is 0 Å². The molecule has 0 aliphatic rings. The van der Waals surface area contributed by atoms with E-state index in [4.69, 9.17) is 0 Å². The number of aryl methyl sites for hydroxylation is 1. The number of rotatable bonds is 2. The Labute approximate surface area is 101 Å². The molecule has 0 aliphatic carbocycles. The lowest BCUT2D eigenvalue weighted by molar-refractivity contribution is -0.180. The van der Waals surface area contributed by atoms with Gasteiger partial charge in [-0.05, 0) is 37.8 Å². The van der Waals surface area contributed by atoms with Crippen molar-refractivity contribution in [1.29, 1.82) is 0 Å². The van der Waals surface area contributed by atoms with E-state index in [2.05, 4.69) is 0 Å². The number of alkyl halides is 3. The van der Waals surface area contributed by atoms with Crippen molar-refractivity contribution in [3.05, 3.63) is 34.9 Å². The van der Waals surface area contributed by atoms with Crippen molar-refractivity contribution >= 4 is 0 Å². The monoisotopic (exact) mass is 244 g/mol. The van der Waals surface area contributed by atoms with Crippen LogP contribution in [0.15, 0.2) is 18.2 Å². The highest BCUT2D eigenvalue weighted by Crippen LogP contribution is 2.41. The van der Waals surface area contributed by atoms with Crippen LogP contribution in [0.3, 0.4) is 0 Å². The molecule has 17 heavy (non-hydrogen) atoms. The van der Waals surface area contributed by atoms with Crippen molar-refractivity contribution in [3.8, 4) is 0 Å². The quantitative estimate of drug-likeness (QED) is 0.689. The predicted molar refractivity (Wildman–Crippen MR) is 64.3 cm³/mol. The molecule has 0 fully saturated rings. The summed E-state index contributed by atoms with van der Waals surface area (Å²) in [5.74, 6) is 0.234. The normalized spacial score (nSPS) is 13.2. The molecular formula is C14H19F3. The smallest absolute Gasteiger partial charge is 0.170 e. The molecule has 0 atom stereocenters. The zero-order valence-corrected chi connectivity index (χ0v) is 10.9. The van der Waals surface area contributed by atoms with E-state index in [1.54, 1.807) is 12.1 Å². The van der Waals surface area contributed by atoms with E-state index < -0.39 is 11.6 Å². The van der Waals surface area contributed by atoms with Crippen LogP contribution >= 0.6 is 0 Å². The van der Waals surface area contributed by atoms with Gasteiger partial charge < -0.3 is 0 Å². The van der Waals surface area contributed by atoms with Crippen LogP contribution < -0.4 is 0 Å². The minimum Gasteiger partial charge on any atom is -0.170 e. The van der Waals surface area contributed by atoms with Gasteiger partial charge in [0, 0.05) is 0 Å². The molecule has 0 aromatic heterocycles. The fraction of sp³-hybridized carbons (Fsp3) is 0.571. The molecule has 3 heteroatoms. The molecule has 96 valence electrons. The molecule has 0 saturated carbocycles. The zero-order chi connectivity index (χ0) is 13.4. The van der Waals surface area contributed by atoms with Crippen LogP contribution in [0, 0.1) is 6.92 Å². The molecule has 0 bridgehead atoms. The lowest BCUT2D eigenvalue weighted by Crippen LogP contribution is -2.36. The van der Waals surface area contributed by atoms with Gasteiger partial charge in [0.2, 0.25) is 0 Å². The van der Waals surface area contributed by atoms with Crippen molar-refractivity contribution < 1.29 is 13.2 Å². The molecule has 1 aromatic carbocycles. The van der Waals surface area contributed by atoms with Gasteiger partial charge in [0.05, 0.1) is 5.41 Å². The van der Waals surface area contributed by atoms with Crippen molar-refractivity contribution in [2.75, 3.05) is 0 Å². The van der Waals surface area contributed by atoms with E-state index in [0.29, 0.717) is 5.56 Å². The average Bonchev–Trinajstić information content (AvgIpc) is 2.14. The van der Waals surface area contributed by atoms with Crippen LogP contribution in [-0.2, 0) is 5.41 Å². The van der Waals surface area contributed by atoms with Crippen LogP contribution in [0.25, 0.3) is 0 Å². The second-order valence-corrected chi connectivity index (χ2v) is 5.41. The van der Waals surface area contributed by atoms with Gasteiger partial charge in [0.15, 0.2) is 0 Å². The molecule has 0 saturated heterocycles. The van der Waals surface area contributed by atoms with Gasteiger partial charge in [-0.3, -0.25) is 0 Å². The Kier molecular flexibility index (Phi) is 3.60. The van der Waals surface area contributed by atoms with E-state index in [-0.39, 0.29) is 5.92 Å². The Hall–Kier alpha value is -0.990. The summed E-state index contributed by atoms with van der Waals surface area (Å²) in [7, 11) is 0. The summed E-state index contributed by atoms with van der Waals surface area (Å²) in [6, 6.07) is 5.24. The molecule has 1 aromatic rings. The maximum atomic E-state index is 13.0. The third-order valence-corrected chi connectivity index (χ3v) is 3.20. The highest BCUT2D eigenvalue weighted by atomic mass is 19.4.